The number of imidazole rings is 2. The molecule has 0 unspecified atom stereocenters. The molecule has 0 aliphatic heterocycles. The number of hydrogen-bond acceptors (Lipinski definition) is 6. The number of benzene rings is 2. The molecule has 200 valence electrons. The van der Waals surface area contributed by atoms with E-state index < -0.39 is 0 Å². The van der Waals surface area contributed by atoms with Crippen LogP contribution in [0.15, 0.2) is 87.1 Å². The molecule has 0 radical (unpaired) electrons. The molecule has 4 aromatic rings. The standard InChI is InChI=1S/C28H28N12/c1-39-23-13-21(16-34-37-29)22(17-35-38-30)25(26(23)36-28(39)32-15-20-11-7-4-8-12-20)24-18-33-27(40(24)2)31-14-19-9-5-3-6-10-19/h3-12,14-15,18,21-22,25H,13,16-17H2,1-2H3/b31-14+,32-15+/t21-,22-,25-/m1/s1. The number of rotatable bonds is 9. The fourth-order valence-corrected chi connectivity index (χ4v) is 5.27. The first-order chi connectivity index (χ1) is 19.6. The summed E-state index contributed by atoms with van der Waals surface area (Å²) in [6.07, 6.45) is 5.97. The van der Waals surface area contributed by atoms with Crippen molar-refractivity contribution in [3.05, 3.63) is 116 Å². The van der Waals surface area contributed by atoms with E-state index >= 15 is 0 Å². The second-order valence-electron chi connectivity index (χ2n) is 9.62. The molecular weight excluding hydrogens is 504 g/mol. The van der Waals surface area contributed by atoms with Gasteiger partial charge >= 0.3 is 0 Å². The lowest BCUT2D eigenvalue weighted by atomic mass is 9.71. The molecule has 12 heteroatoms. The quantitative estimate of drug-likeness (QED) is 0.109. The van der Waals surface area contributed by atoms with E-state index in [1.54, 1.807) is 18.6 Å². The number of hydrogen-bond donors (Lipinski definition) is 0. The van der Waals surface area contributed by atoms with E-state index in [0.29, 0.717) is 18.3 Å². The van der Waals surface area contributed by atoms with Crippen LogP contribution >= 0.6 is 0 Å². The van der Waals surface area contributed by atoms with E-state index in [2.05, 4.69) is 30.0 Å². The molecule has 1 aliphatic rings. The maximum Gasteiger partial charge on any atom is 0.229 e. The summed E-state index contributed by atoms with van der Waals surface area (Å²) in [7, 11) is 3.86. The Balaban J connectivity index is 1.60. The number of aliphatic imine (C=N–C) groups is 2. The Bertz CT molecular complexity index is 1620. The van der Waals surface area contributed by atoms with Crippen LogP contribution in [0.5, 0.6) is 0 Å². The molecule has 40 heavy (non-hydrogen) atoms. The Hall–Kier alpha value is -5.18. The minimum absolute atomic E-state index is 0.0774. The highest BCUT2D eigenvalue weighted by molar-refractivity contribution is 5.81. The Morgan fingerprint density at radius 3 is 2.08 bits per heavy atom. The molecule has 0 N–H and O–H groups in total. The van der Waals surface area contributed by atoms with Crippen molar-refractivity contribution in [1.29, 1.82) is 0 Å². The Morgan fingerprint density at radius 2 is 1.45 bits per heavy atom. The smallest absolute Gasteiger partial charge is 0.229 e. The highest BCUT2D eigenvalue weighted by Gasteiger charge is 2.41. The molecule has 0 saturated carbocycles. The third-order valence-corrected chi connectivity index (χ3v) is 7.32. The molecule has 2 heterocycles. The van der Waals surface area contributed by atoms with Crippen LogP contribution in [0.25, 0.3) is 20.9 Å². The summed E-state index contributed by atoms with van der Waals surface area (Å²) in [5.74, 6) is 0.578. The van der Waals surface area contributed by atoms with Gasteiger partial charge in [0.05, 0.1) is 11.9 Å². The van der Waals surface area contributed by atoms with Gasteiger partial charge in [-0.1, -0.05) is 70.9 Å². The van der Waals surface area contributed by atoms with Gasteiger partial charge in [0, 0.05) is 66.7 Å². The van der Waals surface area contributed by atoms with Crippen molar-refractivity contribution in [3.63, 3.8) is 0 Å². The minimum Gasteiger partial charge on any atom is -0.316 e. The number of aromatic nitrogens is 4. The average molecular weight is 533 g/mol. The molecule has 1 aliphatic carbocycles. The summed E-state index contributed by atoms with van der Waals surface area (Å²) in [5, 5.41) is 7.84. The highest BCUT2D eigenvalue weighted by Crippen LogP contribution is 2.45. The average Bonchev–Trinajstić information content (AvgIpc) is 3.51. The normalized spacial score (nSPS) is 18.4. The number of azide groups is 2. The second-order valence-corrected chi connectivity index (χ2v) is 9.62. The van der Waals surface area contributed by atoms with Crippen molar-refractivity contribution in [1.82, 2.24) is 19.1 Å². The summed E-state index contributed by atoms with van der Waals surface area (Å²) in [5.41, 5.74) is 22.9. The van der Waals surface area contributed by atoms with E-state index in [-0.39, 0.29) is 30.8 Å². The summed E-state index contributed by atoms with van der Waals surface area (Å²) in [4.78, 5) is 24.9. The highest BCUT2D eigenvalue weighted by atomic mass is 15.2. The SMILES string of the molecule is Cn1c([C@@H]2c3nc(/N=C/c4ccccc4)n(C)c3C[C@H](CN=[N+]=[N-])[C@H]2CN=[N+]=[N-])cnc1/N=C/c1ccccc1. The zero-order valence-electron chi connectivity index (χ0n) is 22.2. The van der Waals surface area contributed by atoms with Crippen LogP contribution in [-0.4, -0.2) is 44.6 Å². The fourth-order valence-electron chi connectivity index (χ4n) is 5.27. The van der Waals surface area contributed by atoms with Gasteiger partial charge in [-0.15, -0.1) is 0 Å². The van der Waals surface area contributed by atoms with Crippen molar-refractivity contribution >= 4 is 24.3 Å². The van der Waals surface area contributed by atoms with Crippen molar-refractivity contribution in [2.24, 2.45) is 46.1 Å². The van der Waals surface area contributed by atoms with E-state index in [0.717, 1.165) is 28.2 Å². The van der Waals surface area contributed by atoms with Crippen LogP contribution in [0.1, 0.15) is 34.1 Å². The van der Waals surface area contributed by atoms with Crippen LogP contribution in [0.4, 0.5) is 11.9 Å². The molecule has 2 aromatic heterocycles. The molecule has 3 atom stereocenters. The second kappa shape index (κ2) is 12.1. The topological polar surface area (TPSA) is 158 Å². The van der Waals surface area contributed by atoms with Crippen LogP contribution in [0, 0.1) is 11.8 Å². The lowest BCUT2D eigenvalue weighted by molar-refractivity contribution is 0.279. The lowest BCUT2D eigenvalue weighted by Gasteiger charge is -2.36. The van der Waals surface area contributed by atoms with Gasteiger partial charge in [-0.3, -0.25) is 0 Å². The lowest BCUT2D eigenvalue weighted by Crippen LogP contribution is -2.35. The van der Waals surface area contributed by atoms with Crippen LogP contribution in [0.3, 0.4) is 0 Å². The van der Waals surface area contributed by atoms with Gasteiger partial charge < -0.3 is 9.13 Å². The maximum absolute atomic E-state index is 9.18. The first kappa shape index (κ1) is 26.4. The molecule has 0 saturated heterocycles. The molecule has 0 amide bonds. The van der Waals surface area contributed by atoms with Crippen molar-refractivity contribution in [3.8, 4) is 0 Å². The summed E-state index contributed by atoms with van der Waals surface area (Å²) < 4.78 is 3.92. The molecule has 0 fully saturated rings. The third-order valence-electron chi connectivity index (χ3n) is 7.32. The zero-order chi connectivity index (χ0) is 27.9. The van der Waals surface area contributed by atoms with Crippen molar-refractivity contribution < 1.29 is 0 Å². The predicted molar refractivity (Wildman–Crippen MR) is 154 cm³/mol. The fraction of sp³-hybridized carbons (Fsp3) is 0.286. The van der Waals surface area contributed by atoms with Gasteiger partial charge in [0.25, 0.3) is 0 Å². The Morgan fingerprint density at radius 1 is 0.850 bits per heavy atom. The maximum atomic E-state index is 9.18. The molecule has 0 bridgehead atoms. The number of fused-ring (bicyclic) bond motifs is 1. The largest absolute Gasteiger partial charge is 0.316 e. The summed E-state index contributed by atoms with van der Waals surface area (Å²) in [6.45, 7) is 0.488. The Labute approximate surface area is 231 Å². The number of nitrogens with zero attached hydrogens (tertiary/aromatic N) is 12. The van der Waals surface area contributed by atoms with Gasteiger partial charge in [0.2, 0.25) is 11.9 Å². The monoisotopic (exact) mass is 532 g/mol. The third kappa shape index (κ3) is 5.49. The van der Waals surface area contributed by atoms with Crippen LogP contribution < -0.4 is 0 Å². The van der Waals surface area contributed by atoms with Crippen LogP contribution in [0.2, 0.25) is 0 Å². The van der Waals surface area contributed by atoms with Crippen molar-refractivity contribution in [2.75, 3.05) is 13.1 Å². The van der Waals surface area contributed by atoms with E-state index in [9.17, 15) is 5.53 Å². The molecule has 5 rings (SSSR count). The first-order valence-electron chi connectivity index (χ1n) is 12.9. The van der Waals surface area contributed by atoms with E-state index in [1.165, 1.54) is 0 Å². The summed E-state index contributed by atoms with van der Waals surface area (Å²) >= 11 is 0. The van der Waals surface area contributed by atoms with Crippen molar-refractivity contribution in [2.45, 2.75) is 12.3 Å². The van der Waals surface area contributed by atoms with E-state index in [1.807, 2.05) is 83.9 Å². The Kier molecular flexibility index (Phi) is 8.01. The molecule has 12 nitrogen and oxygen atoms in total. The first-order valence-corrected chi connectivity index (χ1v) is 12.9. The molecular formula is C28H28N12. The van der Waals surface area contributed by atoms with Crippen LogP contribution in [-0.2, 0) is 20.5 Å². The van der Waals surface area contributed by atoms with Gasteiger partial charge in [-0.2, -0.15) is 0 Å². The van der Waals surface area contributed by atoms with Gasteiger partial charge in [0.15, 0.2) is 0 Å². The van der Waals surface area contributed by atoms with Gasteiger partial charge in [-0.25, -0.2) is 20.0 Å². The van der Waals surface area contributed by atoms with Gasteiger partial charge in [-0.05, 0) is 40.4 Å². The molecule has 0 spiro atoms. The molecule has 2 aromatic carbocycles. The van der Waals surface area contributed by atoms with Gasteiger partial charge in [0.1, 0.15) is 0 Å². The summed E-state index contributed by atoms with van der Waals surface area (Å²) in [6, 6.07) is 19.7. The van der Waals surface area contributed by atoms with E-state index in [4.69, 9.17) is 15.5 Å². The predicted octanol–water partition coefficient (Wildman–Crippen LogP) is 6.20. The zero-order valence-corrected chi connectivity index (χ0v) is 22.2. The minimum atomic E-state index is -0.279.